The zero-order valence-corrected chi connectivity index (χ0v) is 24.2. The highest BCUT2D eigenvalue weighted by Crippen LogP contribution is 2.34. The quantitative estimate of drug-likeness (QED) is 0.163. The lowest BCUT2D eigenvalue weighted by Gasteiger charge is -2.06. The van der Waals surface area contributed by atoms with Gasteiger partial charge < -0.3 is 4.42 Å². The fraction of sp³-hybridized carbons (Fsp3) is 0.0250. The van der Waals surface area contributed by atoms with E-state index in [9.17, 15) is 0 Å². The molecule has 0 aliphatic heterocycles. The molecule has 44 heavy (non-hydrogen) atoms. The van der Waals surface area contributed by atoms with Crippen LogP contribution in [0.4, 0.5) is 0 Å². The Bertz CT molecular complexity index is 2170. The molecule has 1 aromatic heterocycles. The topological polar surface area (TPSA) is 61.7 Å². The van der Waals surface area contributed by atoms with E-state index in [4.69, 9.17) is 19.8 Å². The molecule has 0 amide bonds. The number of amidine groups is 2. The number of fused-ring (bicyclic) bond motifs is 3. The Kier molecular flexibility index (Phi) is 7.23. The third-order valence-corrected chi connectivity index (χ3v) is 7.73. The van der Waals surface area contributed by atoms with Crippen molar-refractivity contribution in [2.75, 3.05) is 0 Å². The minimum Gasteiger partial charge on any atom is -0.456 e. The van der Waals surface area contributed by atoms with Gasteiger partial charge in [0.05, 0.1) is 0 Å². The molecule has 1 heterocycles. The van der Waals surface area contributed by atoms with Gasteiger partial charge in [-0.05, 0) is 53.4 Å². The van der Waals surface area contributed by atoms with Gasteiger partial charge >= 0.3 is 0 Å². The van der Waals surface area contributed by atoms with E-state index in [1.165, 1.54) is 5.56 Å². The summed E-state index contributed by atoms with van der Waals surface area (Å²) < 4.78 is 6.24. The number of benzene rings is 6. The number of aliphatic imine (C=N–C) groups is 2. The van der Waals surface area contributed by atoms with Crippen LogP contribution >= 0.6 is 0 Å². The van der Waals surface area contributed by atoms with Crippen molar-refractivity contribution in [3.8, 4) is 22.3 Å². The third kappa shape index (κ3) is 5.49. The van der Waals surface area contributed by atoms with E-state index in [1.54, 1.807) is 0 Å². The summed E-state index contributed by atoms with van der Waals surface area (Å²) in [5.41, 5.74) is 9.76. The Morgan fingerprint density at radius 1 is 0.591 bits per heavy atom. The van der Waals surface area contributed by atoms with Crippen LogP contribution in [0.1, 0.15) is 22.3 Å². The largest absolute Gasteiger partial charge is 0.456 e. The molecule has 0 radical (unpaired) electrons. The van der Waals surface area contributed by atoms with E-state index >= 15 is 0 Å². The van der Waals surface area contributed by atoms with Gasteiger partial charge in [-0.3, -0.25) is 5.41 Å². The van der Waals surface area contributed by atoms with Crippen LogP contribution in [0.3, 0.4) is 0 Å². The second-order valence-corrected chi connectivity index (χ2v) is 10.8. The Balaban J connectivity index is 1.29. The van der Waals surface area contributed by atoms with Gasteiger partial charge in [0.1, 0.15) is 11.2 Å². The van der Waals surface area contributed by atoms with E-state index in [0.717, 1.165) is 60.9 Å². The molecule has 0 aliphatic rings. The summed E-state index contributed by atoms with van der Waals surface area (Å²) in [5.74, 6) is 0.611. The molecule has 0 atom stereocenters. The molecule has 0 spiro atoms. The molecule has 0 saturated heterocycles. The summed E-state index contributed by atoms with van der Waals surface area (Å²) >= 11 is 0. The van der Waals surface area contributed by atoms with E-state index in [2.05, 4.69) is 55.5 Å². The van der Waals surface area contributed by atoms with Crippen molar-refractivity contribution in [1.29, 1.82) is 5.41 Å². The fourth-order valence-corrected chi connectivity index (χ4v) is 5.42. The maximum atomic E-state index is 8.91. The van der Waals surface area contributed by atoms with Crippen molar-refractivity contribution >= 4 is 39.8 Å². The summed E-state index contributed by atoms with van der Waals surface area (Å²) in [4.78, 5) is 9.62. The molecule has 7 rings (SSSR count). The van der Waals surface area contributed by atoms with Gasteiger partial charge in [0.2, 0.25) is 0 Å². The minimum atomic E-state index is 0.147. The van der Waals surface area contributed by atoms with Crippen molar-refractivity contribution in [2.24, 2.45) is 9.98 Å². The molecule has 7 aromatic rings. The Labute approximate surface area is 256 Å². The van der Waals surface area contributed by atoms with E-state index in [0.29, 0.717) is 5.84 Å². The molecule has 1 N–H and O–H groups in total. The zero-order valence-electron chi connectivity index (χ0n) is 24.2. The highest BCUT2D eigenvalue weighted by atomic mass is 16.3. The lowest BCUT2D eigenvalue weighted by Crippen LogP contribution is -2.04. The number of furan rings is 1. The highest BCUT2D eigenvalue weighted by Gasteiger charge is 2.13. The first-order chi connectivity index (χ1) is 21.6. The normalized spacial score (nSPS) is 11.9. The van der Waals surface area contributed by atoms with Crippen LogP contribution < -0.4 is 0 Å². The number of nitrogens with one attached hydrogen (secondary N) is 1. The maximum absolute atomic E-state index is 8.91. The van der Waals surface area contributed by atoms with Crippen LogP contribution in [0.2, 0.25) is 0 Å². The van der Waals surface area contributed by atoms with Gasteiger partial charge in [-0.25, -0.2) is 9.98 Å². The lowest BCUT2D eigenvalue weighted by atomic mass is 10.0. The van der Waals surface area contributed by atoms with Gasteiger partial charge in [-0.1, -0.05) is 127 Å². The summed E-state index contributed by atoms with van der Waals surface area (Å²) in [7, 11) is 0. The number of nitrogens with zero attached hydrogens (tertiary/aromatic N) is 2. The summed E-state index contributed by atoms with van der Waals surface area (Å²) in [6.45, 7) is 2.10. The molecule has 210 valence electrons. The van der Waals surface area contributed by atoms with E-state index < -0.39 is 0 Å². The Morgan fingerprint density at radius 2 is 1.23 bits per heavy atom. The van der Waals surface area contributed by atoms with Crippen molar-refractivity contribution < 1.29 is 4.42 Å². The first-order valence-corrected chi connectivity index (χ1v) is 14.6. The average molecular weight is 568 g/mol. The van der Waals surface area contributed by atoms with Crippen LogP contribution in [0.5, 0.6) is 0 Å². The van der Waals surface area contributed by atoms with Crippen LogP contribution in [-0.2, 0) is 0 Å². The standard InChI is InChI=1S/C40H29N3O/c1-27-18-20-29(21-19-27)32-22-23-36-35(25-32)38-34(16-9-17-37(38)44-36)26-42-40(30-12-6-3-7-13-30)43-39(41)33-15-8-14-31(24-33)28-10-4-2-5-11-28/h2-26,41H,1H3/b41-39?,42-26+,43-40-. The third-order valence-electron chi connectivity index (χ3n) is 7.73. The number of hydrogen-bond donors (Lipinski definition) is 1. The highest BCUT2D eigenvalue weighted by molar-refractivity contribution is 6.17. The zero-order chi connectivity index (χ0) is 29.9. The van der Waals surface area contributed by atoms with Crippen LogP contribution in [0.25, 0.3) is 44.2 Å². The number of hydrogen-bond acceptors (Lipinski definition) is 2. The fourth-order valence-electron chi connectivity index (χ4n) is 5.42. The summed E-state index contributed by atoms with van der Waals surface area (Å²) in [6, 6.07) is 48.7. The first-order valence-electron chi connectivity index (χ1n) is 14.6. The average Bonchev–Trinajstić information content (AvgIpc) is 3.46. The van der Waals surface area contributed by atoms with Crippen LogP contribution in [0.15, 0.2) is 160 Å². The smallest absolute Gasteiger partial charge is 0.161 e. The first kappa shape index (κ1) is 27.0. The summed E-state index contributed by atoms with van der Waals surface area (Å²) in [5, 5.41) is 10.9. The Hall–Kier alpha value is -5.87. The van der Waals surface area contributed by atoms with Gasteiger partial charge in [0, 0.05) is 33.7 Å². The molecule has 4 nitrogen and oxygen atoms in total. The summed E-state index contributed by atoms with van der Waals surface area (Å²) in [6.07, 6.45) is 1.83. The van der Waals surface area contributed by atoms with Gasteiger partial charge in [-0.15, -0.1) is 0 Å². The van der Waals surface area contributed by atoms with Crippen LogP contribution in [0, 0.1) is 12.3 Å². The monoisotopic (exact) mass is 567 g/mol. The molecule has 0 bridgehead atoms. The van der Waals surface area contributed by atoms with Crippen molar-refractivity contribution in [3.63, 3.8) is 0 Å². The van der Waals surface area contributed by atoms with E-state index in [-0.39, 0.29) is 5.84 Å². The van der Waals surface area contributed by atoms with Crippen molar-refractivity contribution in [2.45, 2.75) is 6.92 Å². The number of aryl methyl sites for hydroxylation is 1. The van der Waals surface area contributed by atoms with Gasteiger partial charge in [0.15, 0.2) is 11.7 Å². The SMILES string of the molecule is Cc1ccc(-c2ccc3oc4cccc(/C=N/C(=N\C(=N)c5cccc(-c6ccccc6)c5)c5ccccc5)c4c3c2)cc1. The number of rotatable bonds is 5. The van der Waals surface area contributed by atoms with Crippen LogP contribution in [-0.4, -0.2) is 17.9 Å². The van der Waals surface area contributed by atoms with Crippen molar-refractivity contribution in [3.05, 3.63) is 168 Å². The second-order valence-electron chi connectivity index (χ2n) is 10.8. The predicted molar refractivity (Wildman–Crippen MR) is 183 cm³/mol. The molecular weight excluding hydrogens is 538 g/mol. The molecule has 0 fully saturated rings. The molecular formula is C40H29N3O. The minimum absolute atomic E-state index is 0.147. The molecule has 4 heteroatoms. The molecule has 6 aromatic carbocycles. The Morgan fingerprint density at radius 3 is 2.02 bits per heavy atom. The van der Waals surface area contributed by atoms with Crippen molar-refractivity contribution in [1.82, 2.24) is 0 Å². The molecule has 0 saturated carbocycles. The lowest BCUT2D eigenvalue weighted by molar-refractivity contribution is 0.669. The van der Waals surface area contributed by atoms with Gasteiger partial charge in [-0.2, -0.15) is 0 Å². The predicted octanol–water partition coefficient (Wildman–Crippen LogP) is 10.1. The maximum Gasteiger partial charge on any atom is 0.161 e. The molecule has 0 unspecified atom stereocenters. The van der Waals surface area contributed by atoms with E-state index in [1.807, 2.05) is 103 Å². The van der Waals surface area contributed by atoms with Gasteiger partial charge in [0.25, 0.3) is 0 Å². The molecule has 0 aliphatic carbocycles. The second kappa shape index (κ2) is 11.8.